The van der Waals surface area contributed by atoms with Gasteiger partial charge in [-0.1, -0.05) is 18.2 Å². The molecule has 2 aromatic heterocycles. The lowest BCUT2D eigenvalue weighted by atomic mass is 10.1. The maximum Gasteiger partial charge on any atom is 0.252 e. The van der Waals surface area contributed by atoms with Gasteiger partial charge in [-0.25, -0.2) is 4.68 Å². The topological polar surface area (TPSA) is 78.2 Å². The van der Waals surface area contributed by atoms with Crippen molar-refractivity contribution in [2.24, 2.45) is 0 Å². The lowest BCUT2D eigenvalue weighted by Gasteiger charge is -2.13. The first-order valence-corrected chi connectivity index (χ1v) is 10.2. The number of hydrogen-bond donors (Lipinski definition) is 1. The number of carbonyl (C=O) groups excluding carboxylic acids is 1. The highest BCUT2D eigenvalue weighted by Gasteiger charge is 2.18. The van der Waals surface area contributed by atoms with Crippen molar-refractivity contribution in [3.05, 3.63) is 82.3 Å². The number of benzene rings is 2. The fourth-order valence-electron chi connectivity index (χ4n) is 3.71. The number of para-hydroxylation sites is 1. The van der Waals surface area contributed by atoms with Gasteiger partial charge in [0.25, 0.3) is 5.56 Å². The molecular weight excluding hydrogens is 392 g/mol. The molecule has 4 rings (SSSR count). The average Bonchev–Trinajstić information content (AvgIpc) is 3.11. The maximum atomic E-state index is 12.9. The number of aromatic nitrogens is 3. The molecule has 0 bridgehead atoms. The molecule has 2 aromatic carbocycles. The Hall–Kier alpha value is -3.87. The van der Waals surface area contributed by atoms with E-state index in [1.807, 2.05) is 51.1 Å². The summed E-state index contributed by atoms with van der Waals surface area (Å²) in [6.45, 7) is 6.16. The van der Waals surface area contributed by atoms with Crippen LogP contribution in [0.1, 0.15) is 18.2 Å². The minimum Gasteiger partial charge on any atom is -0.494 e. The molecule has 0 spiro atoms. The van der Waals surface area contributed by atoms with Gasteiger partial charge in [-0.3, -0.25) is 14.2 Å². The fourth-order valence-corrected chi connectivity index (χ4v) is 3.71. The molecule has 158 valence electrons. The number of pyridine rings is 1. The summed E-state index contributed by atoms with van der Waals surface area (Å²) in [4.78, 5) is 25.7. The van der Waals surface area contributed by atoms with Crippen molar-refractivity contribution in [2.75, 3.05) is 11.9 Å². The Kier molecular flexibility index (Phi) is 5.58. The van der Waals surface area contributed by atoms with E-state index in [9.17, 15) is 9.59 Å². The molecule has 0 unspecified atom stereocenters. The van der Waals surface area contributed by atoms with Gasteiger partial charge in [0.15, 0.2) is 0 Å². The molecule has 31 heavy (non-hydrogen) atoms. The van der Waals surface area contributed by atoms with E-state index < -0.39 is 0 Å². The highest BCUT2D eigenvalue weighted by atomic mass is 16.5. The number of ether oxygens (including phenoxy) is 1. The van der Waals surface area contributed by atoms with Crippen molar-refractivity contribution < 1.29 is 9.53 Å². The summed E-state index contributed by atoms with van der Waals surface area (Å²) >= 11 is 0. The molecule has 0 saturated carbocycles. The second-order valence-corrected chi connectivity index (χ2v) is 7.29. The molecule has 1 N–H and O–H groups in total. The van der Waals surface area contributed by atoms with Crippen molar-refractivity contribution in [3.8, 4) is 11.4 Å². The zero-order chi connectivity index (χ0) is 22.0. The normalized spacial score (nSPS) is 10.9. The van der Waals surface area contributed by atoms with Gasteiger partial charge in [0, 0.05) is 17.1 Å². The summed E-state index contributed by atoms with van der Waals surface area (Å²) in [6.07, 6.45) is 0. The zero-order valence-corrected chi connectivity index (χ0v) is 17.8. The number of aryl methyl sites for hydroxylation is 2. The standard InChI is InChI=1S/C24H24N4O3/c1-4-31-20-12-10-18(11-13-20)25-21(29)15-27-22(30)14-16(2)23-17(3)26-28(24(23)27)19-8-6-5-7-9-19/h5-14H,4,15H2,1-3H3,(H,25,29). The third kappa shape index (κ3) is 4.07. The molecule has 2 heterocycles. The second kappa shape index (κ2) is 8.47. The van der Waals surface area contributed by atoms with Crippen LogP contribution in [0.15, 0.2) is 65.5 Å². The molecule has 0 atom stereocenters. The zero-order valence-electron chi connectivity index (χ0n) is 17.8. The molecule has 0 fully saturated rings. The summed E-state index contributed by atoms with van der Waals surface area (Å²) < 4.78 is 8.62. The predicted molar refractivity (Wildman–Crippen MR) is 121 cm³/mol. The Bertz CT molecular complexity index is 1290. The molecule has 0 saturated heterocycles. The molecule has 4 aromatic rings. The number of hydrogen-bond acceptors (Lipinski definition) is 4. The van der Waals surface area contributed by atoms with Crippen molar-refractivity contribution in [1.82, 2.24) is 14.3 Å². The van der Waals surface area contributed by atoms with Crippen LogP contribution in [-0.2, 0) is 11.3 Å². The Balaban J connectivity index is 1.71. The smallest absolute Gasteiger partial charge is 0.252 e. The van der Waals surface area contributed by atoms with Crippen molar-refractivity contribution in [2.45, 2.75) is 27.3 Å². The first-order valence-electron chi connectivity index (χ1n) is 10.2. The van der Waals surface area contributed by atoms with Gasteiger partial charge in [0.05, 0.1) is 18.0 Å². The fraction of sp³-hybridized carbons (Fsp3) is 0.208. The van der Waals surface area contributed by atoms with Crippen LogP contribution in [0.3, 0.4) is 0 Å². The Labute approximate surface area is 179 Å². The molecule has 0 aliphatic rings. The largest absolute Gasteiger partial charge is 0.494 e. The van der Waals surface area contributed by atoms with Gasteiger partial charge in [-0.05, 0) is 62.7 Å². The van der Waals surface area contributed by atoms with E-state index in [0.29, 0.717) is 17.9 Å². The van der Waals surface area contributed by atoms with Crippen molar-refractivity contribution >= 4 is 22.6 Å². The van der Waals surface area contributed by atoms with E-state index in [1.54, 1.807) is 35.0 Å². The van der Waals surface area contributed by atoms with Crippen LogP contribution in [0.2, 0.25) is 0 Å². The molecule has 0 aliphatic carbocycles. The summed E-state index contributed by atoms with van der Waals surface area (Å²) in [7, 11) is 0. The first kappa shape index (κ1) is 20.4. The minimum absolute atomic E-state index is 0.124. The number of amides is 1. The average molecular weight is 416 g/mol. The van der Waals surface area contributed by atoms with Crippen LogP contribution < -0.4 is 15.6 Å². The number of nitrogens with zero attached hydrogens (tertiary/aromatic N) is 3. The van der Waals surface area contributed by atoms with Crippen LogP contribution in [0.25, 0.3) is 16.7 Å². The van der Waals surface area contributed by atoms with Gasteiger partial charge in [-0.15, -0.1) is 0 Å². The molecular formula is C24H24N4O3. The number of nitrogens with one attached hydrogen (secondary N) is 1. The number of fused-ring (bicyclic) bond motifs is 1. The first-order chi connectivity index (χ1) is 15.0. The van der Waals surface area contributed by atoms with Crippen LogP contribution >= 0.6 is 0 Å². The van der Waals surface area contributed by atoms with Crippen LogP contribution in [0.5, 0.6) is 5.75 Å². The highest BCUT2D eigenvalue weighted by Crippen LogP contribution is 2.24. The molecule has 7 heteroatoms. The lowest BCUT2D eigenvalue weighted by Crippen LogP contribution is -2.29. The third-order valence-electron chi connectivity index (χ3n) is 5.04. The monoisotopic (exact) mass is 416 g/mol. The van der Waals surface area contributed by atoms with Crippen molar-refractivity contribution in [3.63, 3.8) is 0 Å². The maximum absolute atomic E-state index is 12.9. The molecule has 1 amide bonds. The lowest BCUT2D eigenvalue weighted by molar-refractivity contribution is -0.116. The third-order valence-corrected chi connectivity index (χ3v) is 5.04. The Morgan fingerprint density at radius 2 is 1.77 bits per heavy atom. The van der Waals surface area contributed by atoms with E-state index in [1.165, 1.54) is 4.57 Å². The van der Waals surface area contributed by atoms with E-state index in [2.05, 4.69) is 10.4 Å². The predicted octanol–water partition coefficient (Wildman–Crippen LogP) is 3.84. The minimum atomic E-state index is -0.296. The van der Waals surface area contributed by atoms with E-state index >= 15 is 0 Å². The Morgan fingerprint density at radius 1 is 1.06 bits per heavy atom. The summed E-state index contributed by atoms with van der Waals surface area (Å²) in [5.74, 6) is 0.439. The van der Waals surface area contributed by atoms with Gasteiger partial charge < -0.3 is 10.1 Å². The van der Waals surface area contributed by atoms with Crippen molar-refractivity contribution in [1.29, 1.82) is 0 Å². The summed E-state index contributed by atoms with van der Waals surface area (Å²) in [6, 6.07) is 18.3. The van der Waals surface area contributed by atoms with Crippen LogP contribution in [0, 0.1) is 13.8 Å². The molecule has 0 aliphatic heterocycles. The van der Waals surface area contributed by atoms with Gasteiger partial charge in [0.1, 0.15) is 17.9 Å². The van der Waals surface area contributed by atoms with Gasteiger partial charge in [-0.2, -0.15) is 5.10 Å². The summed E-state index contributed by atoms with van der Waals surface area (Å²) in [5.41, 5.74) is 3.46. The van der Waals surface area contributed by atoms with Gasteiger partial charge in [0.2, 0.25) is 5.91 Å². The van der Waals surface area contributed by atoms with Crippen LogP contribution in [0.4, 0.5) is 5.69 Å². The second-order valence-electron chi connectivity index (χ2n) is 7.29. The van der Waals surface area contributed by atoms with E-state index in [0.717, 1.165) is 28.1 Å². The van der Waals surface area contributed by atoms with E-state index in [4.69, 9.17) is 4.74 Å². The Morgan fingerprint density at radius 3 is 2.45 bits per heavy atom. The quantitative estimate of drug-likeness (QED) is 0.518. The van der Waals surface area contributed by atoms with Gasteiger partial charge >= 0.3 is 0 Å². The SMILES string of the molecule is CCOc1ccc(NC(=O)Cn2c(=O)cc(C)c3c(C)nn(-c4ccccc4)c32)cc1. The summed E-state index contributed by atoms with van der Waals surface area (Å²) in [5, 5.41) is 8.37. The number of anilines is 1. The number of carbonyl (C=O) groups is 1. The molecule has 7 nitrogen and oxygen atoms in total. The van der Waals surface area contributed by atoms with E-state index in [-0.39, 0.29) is 18.0 Å². The number of rotatable bonds is 6. The molecule has 0 radical (unpaired) electrons. The van der Waals surface area contributed by atoms with Crippen LogP contribution in [-0.4, -0.2) is 26.9 Å². The highest BCUT2D eigenvalue weighted by molar-refractivity contribution is 5.92.